The van der Waals surface area contributed by atoms with Crippen molar-refractivity contribution in [2.75, 3.05) is 20.7 Å². The van der Waals surface area contributed by atoms with E-state index >= 15 is 0 Å². The second kappa shape index (κ2) is 10.5. The highest BCUT2D eigenvalue weighted by Crippen LogP contribution is 2.22. The van der Waals surface area contributed by atoms with Crippen LogP contribution in [0, 0.1) is 0 Å². The Labute approximate surface area is 177 Å². The van der Waals surface area contributed by atoms with Crippen molar-refractivity contribution in [2.45, 2.75) is 32.9 Å². The number of unbranched alkanes of at least 4 members (excludes halogenated alkanes) is 1. The molecule has 0 saturated carbocycles. The van der Waals surface area contributed by atoms with Crippen molar-refractivity contribution in [3.05, 3.63) is 65.5 Å². The number of nitrogens with one attached hydrogen (secondary N) is 1. The summed E-state index contributed by atoms with van der Waals surface area (Å²) < 4.78 is 11.5. The summed E-state index contributed by atoms with van der Waals surface area (Å²) in [6, 6.07) is 15.2. The number of carbonyl (C=O) groups excluding carboxylic acids is 1. The number of benzene rings is 2. The van der Waals surface area contributed by atoms with E-state index in [0.29, 0.717) is 30.4 Å². The summed E-state index contributed by atoms with van der Waals surface area (Å²) in [7, 11) is 3.61. The number of amides is 1. The highest BCUT2D eigenvalue weighted by Gasteiger charge is 2.12. The molecule has 0 saturated heterocycles. The minimum atomic E-state index is -0.0890. The average molecular weight is 409 g/mol. The molecule has 0 spiro atoms. The number of nitrogens with zero attached hydrogens (tertiary/aromatic N) is 3. The lowest BCUT2D eigenvalue weighted by Gasteiger charge is -2.14. The predicted molar refractivity (Wildman–Crippen MR) is 115 cm³/mol. The van der Waals surface area contributed by atoms with Crippen LogP contribution in [0.3, 0.4) is 0 Å². The van der Waals surface area contributed by atoms with Gasteiger partial charge in [-0.25, -0.2) is 0 Å². The van der Waals surface area contributed by atoms with E-state index in [1.807, 2.05) is 55.6 Å². The van der Waals surface area contributed by atoms with Gasteiger partial charge in [-0.2, -0.15) is 0 Å². The van der Waals surface area contributed by atoms with E-state index in [9.17, 15) is 4.79 Å². The number of rotatable bonds is 10. The summed E-state index contributed by atoms with van der Waals surface area (Å²) in [6.07, 6.45) is 2.15. The summed E-state index contributed by atoms with van der Waals surface area (Å²) in [6.45, 7) is 4.10. The molecule has 1 aromatic heterocycles. The third kappa shape index (κ3) is 5.90. The van der Waals surface area contributed by atoms with Gasteiger partial charge in [0, 0.05) is 24.7 Å². The smallest absolute Gasteiger partial charge is 0.251 e. The molecule has 0 aliphatic carbocycles. The zero-order valence-corrected chi connectivity index (χ0v) is 17.7. The average Bonchev–Trinajstić information content (AvgIpc) is 3.22. The Morgan fingerprint density at radius 3 is 2.47 bits per heavy atom. The first-order valence-electron chi connectivity index (χ1n) is 10.1. The van der Waals surface area contributed by atoms with Gasteiger partial charge < -0.3 is 14.5 Å². The standard InChI is InChI=1S/C23H28N4O3/c1-4-5-14-29-20-12-10-19(11-13-20)23-26-25-21(30-23)16-27(3)15-17-6-8-18(9-7-17)22(28)24-2/h6-13H,4-5,14-16H2,1-3H3,(H,24,28). The van der Waals surface area contributed by atoms with Crippen LogP contribution >= 0.6 is 0 Å². The first-order valence-corrected chi connectivity index (χ1v) is 10.1. The molecule has 7 heteroatoms. The minimum Gasteiger partial charge on any atom is -0.494 e. The SMILES string of the molecule is CCCCOc1ccc(-c2nnc(CN(C)Cc3ccc(C(=O)NC)cc3)o2)cc1. The maximum absolute atomic E-state index is 11.6. The van der Waals surface area contributed by atoms with E-state index in [-0.39, 0.29) is 5.91 Å². The maximum Gasteiger partial charge on any atom is 0.251 e. The van der Waals surface area contributed by atoms with Crippen LogP contribution in [0.2, 0.25) is 0 Å². The molecular formula is C23H28N4O3. The number of hydrogen-bond donors (Lipinski definition) is 1. The van der Waals surface area contributed by atoms with E-state index in [1.165, 1.54) is 0 Å². The highest BCUT2D eigenvalue weighted by molar-refractivity contribution is 5.93. The van der Waals surface area contributed by atoms with Crippen LogP contribution in [0.4, 0.5) is 0 Å². The van der Waals surface area contributed by atoms with Crippen molar-refractivity contribution in [1.82, 2.24) is 20.4 Å². The normalized spacial score (nSPS) is 10.9. The molecule has 1 N–H and O–H groups in total. The third-order valence-corrected chi connectivity index (χ3v) is 4.64. The summed E-state index contributed by atoms with van der Waals surface area (Å²) in [5.41, 5.74) is 2.61. The highest BCUT2D eigenvalue weighted by atomic mass is 16.5. The minimum absolute atomic E-state index is 0.0890. The van der Waals surface area contributed by atoms with Crippen LogP contribution in [-0.4, -0.2) is 41.7 Å². The predicted octanol–water partition coefficient (Wildman–Crippen LogP) is 3.91. The zero-order valence-electron chi connectivity index (χ0n) is 17.7. The van der Waals surface area contributed by atoms with Crippen molar-refractivity contribution in [1.29, 1.82) is 0 Å². The first kappa shape index (κ1) is 21.5. The molecule has 158 valence electrons. The molecule has 1 heterocycles. The molecular weight excluding hydrogens is 380 g/mol. The lowest BCUT2D eigenvalue weighted by molar-refractivity contribution is 0.0963. The van der Waals surface area contributed by atoms with E-state index in [1.54, 1.807) is 7.05 Å². The monoisotopic (exact) mass is 408 g/mol. The summed E-state index contributed by atoms with van der Waals surface area (Å²) >= 11 is 0. The van der Waals surface area contributed by atoms with Gasteiger partial charge in [0.15, 0.2) is 0 Å². The van der Waals surface area contributed by atoms with E-state index in [4.69, 9.17) is 9.15 Å². The quantitative estimate of drug-likeness (QED) is 0.513. The van der Waals surface area contributed by atoms with Gasteiger partial charge >= 0.3 is 0 Å². The van der Waals surface area contributed by atoms with Crippen molar-refractivity contribution in [2.24, 2.45) is 0 Å². The third-order valence-electron chi connectivity index (χ3n) is 4.64. The molecule has 0 fully saturated rings. The van der Waals surface area contributed by atoms with Gasteiger partial charge in [0.2, 0.25) is 11.8 Å². The molecule has 3 aromatic rings. The zero-order chi connectivity index (χ0) is 21.3. The van der Waals surface area contributed by atoms with E-state index in [2.05, 4.69) is 27.3 Å². The first-order chi connectivity index (χ1) is 14.6. The second-order valence-electron chi connectivity index (χ2n) is 7.18. The van der Waals surface area contributed by atoms with E-state index < -0.39 is 0 Å². The largest absolute Gasteiger partial charge is 0.494 e. The molecule has 2 aromatic carbocycles. The van der Waals surface area contributed by atoms with Crippen LogP contribution in [-0.2, 0) is 13.1 Å². The number of aromatic nitrogens is 2. The molecule has 0 atom stereocenters. The second-order valence-corrected chi connectivity index (χ2v) is 7.18. The number of hydrogen-bond acceptors (Lipinski definition) is 6. The fraction of sp³-hybridized carbons (Fsp3) is 0.348. The summed E-state index contributed by atoms with van der Waals surface area (Å²) in [4.78, 5) is 13.7. The molecule has 0 radical (unpaired) electrons. The fourth-order valence-corrected chi connectivity index (χ4v) is 2.97. The van der Waals surface area contributed by atoms with Gasteiger partial charge in [-0.05, 0) is 55.4 Å². The van der Waals surface area contributed by atoms with Gasteiger partial charge in [0.25, 0.3) is 5.91 Å². The number of carbonyl (C=O) groups is 1. The van der Waals surface area contributed by atoms with Crippen LogP contribution in [0.5, 0.6) is 5.75 Å². The molecule has 1 amide bonds. The molecule has 3 rings (SSSR count). The molecule has 30 heavy (non-hydrogen) atoms. The Balaban J connectivity index is 1.55. The van der Waals surface area contributed by atoms with Crippen molar-refractivity contribution < 1.29 is 13.9 Å². The van der Waals surface area contributed by atoms with Crippen LogP contribution in [0.25, 0.3) is 11.5 Å². The fourth-order valence-electron chi connectivity index (χ4n) is 2.97. The lowest BCUT2D eigenvalue weighted by Crippen LogP contribution is -2.19. The molecule has 0 bridgehead atoms. The van der Waals surface area contributed by atoms with Crippen LogP contribution in [0.1, 0.15) is 41.6 Å². The maximum atomic E-state index is 11.6. The Morgan fingerprint density at radius 1 is 1.07 bits per heavy atom. The van der Waals surface area contributed by atoms with Gasteiger partial charge in [-0.3, -0.25) is 9.69 Å². The lowest BCUT2D eigenvalue weighted by atomic mass is 10.1. The molecule has 0 aliphatic heterocycles. The number of ether oxygens (including phenoxy) is 1. The Morgan fingerprint density at radius 2 is 1.80 bits per heavy atom. The molecule has 7 nitrogen and oxygen atoms in total. The Bertz CT molecular complexity index is 936. The van der Waals surface area contributed by atoms with Gasteiger partial charge in [-0.15, -0.1) is 10.2 Å². The molecule has 0 aliphatic rings. The Hall–Kier alpha value is -3.19. The van der Waals surface area contributed by atoms with Crippen LogP contribution in [0.15, 0.2) is 52.9 Å². The van der Waals surface area contributed by atoms with E-state index in [0.717, 1.165) is 36.3 Å². The van der Waals surface area contributed by atoms with Crippen molar-refractivity contribution in [3.63, 3.8) is 0 Å². The van der Waals surface area contributed by atoms with Gasteiger partial charge in [-0.1, -0.05) is 25.5 Å². The summed E-state index contributed by atoms with van der Waals surface area (Å²) in [5.74, 6) is 1.80. The van der Waals surface area contributed by atoms with Crippen molar-refractivity contribution >= 4 is 5.91 Å². The van der Waals surface area contributed by atoms with Gasteiger partial charge in [0.1, 0.15) is 5.75 Å². The Kier molecular flexibility index (Phi) is 7.57. The topological polar surface area (TPSA) is 80.5 Å². The van der Waals surface area contributed by atoms with Gasteiger partial charge in [0.05, 0.1) is 13.2 Å². The van der Waals surface area contributed by atoms with Crippen molar-refractivity contribution in [3.8, 4) is 17.2 Å². The molecule has 0 unspecified atom stereocenters. The van der Waals surface area contributed by atoms with Crippen LogP contribution < -0.4 is 10.1 Å². The summed E-state index contributed by atoms with van der Waals surface area (Å²) in [5, 5.41) is 10.9.